The molecule has 0 atom stereocenters. The first kappa shape index (κ1) is 12.3. The van der Waals surface area contributed by atoms with Gasteiger partial charge in [-0.3, -0.25) is 4.98 Å². The zero-order valence-electron chi connectivity index (χ0n) is 9.42. The molecule has 0 saturated heterocycles. The summed E-state index contributed by atoms with van der Waals surface area (Å²) in [7, 11) is 0. The van der Waals surface area contributed by atoms with Gasteiger partial charge >= 0.3 is 5.97 Å². The van der Waals surface area contributed by atoms with E-state index in [-0.39, 0.29) is 11.4 Å². The third-order valence-electron chi connectivity index (χ3n) is 2.12. The fourth-order valence-corrected chi connectivity index (χ4v) is 1.50. The Hall–Kier alpha value is -2.14. The first-order chi connectivity index (χ1) is 8.56. The lowest BCUT2D eigenvalue weighted by Crippen LogP contribution is -2.03. The number of hydrogen-bond acceptors (Lipinski definition) is 4. The highest BCUT2D eigenvalue weighted by Gasteiger charge is 2.14. The number of carboxylic acids is 1. The lowest BCUT2D eigenvalue weighted by atomic mass is 10.2. The van der Waals surface area contributed by atoms with Gasteiger partial charge < -0.3 is 9.84 Å². The van der Waals surface area contributed by atoms with Crippen molar-refractivity contribution in [2.24, 2.45) is 0 Å². The highest BCUT2D eigenvalue weighted by molar-refractivity contribution is 6.30. The molecule has 92 valence electrons. The Morgan fingerprint density at radius 1 is 1.39 bits per heavy atom. The van der Waals surface area contributed by atoms with E-state index in [1.54, 1.807) is 13.0 Å². The summed E-state index contributed by atoms with van der Waals surface area (Å²) in [5.41, 5.74) is 0.644. The second-order valence-electron chi connectivity index (χ2n) is 3.55. The molecule has 0 aliphatic heterocycles. The van der Waals surface area contributed by atoms with Gasteiger partial charge in [-0.1, -0.05) is 11.6 Å². The molecule has 0 spiro atoms. The lowest BCUT2D eigenvalue weighted by Gasteiger charge is -2.08. The Morgan fingerprint density at radius 2 is 2.17 bits per heavy atom. The predicted molar refractivity (Wildman–Crippen MR) is 65.3 cm³/mol. The van der Waals surface area contributed by atoms with E-state index in [9.17, 15) is 4.79 Å². The monoisotopic (exact) mass is 264 g/mol. The topological polar surface area (TPSA) is 72.3 Å². The van der Waals surface area contributed by atoms with Crippen molar-refractivity contribution in [2.45, 2.75) is 6.92 Å². The van der Waals surface area contributed by atoms with E-state index >= 15 is 0 Å². The fourth-order valence-electron chi connectivity index (χ4n) is 1.33. The maximum atomic E-state index is 11.0. The molecule has 5 nitrogen and oxygen atoms in total. The molecule has 2 aromatic heterocycles. The first-order valence-electron chi connectivity index (χ1n) is 5.05. The van der Waals surface area contributed by atoms with Crippen molar-refractivity contribution in [3.8, 4) is 11.6 Å². The van der Waals surface area contributed by atoms with Crippen LogP contribution in [0.5, 0.6) is 11.6 Å². The Labute approximate surface area is 108 Å². The normalized spacial score (nSPS) is 10.1. The molecular weight excluding hydrogens is 256 g/mol. The fraction of sp³-hybridized carbons (Fsp3) is 0.0833. The van der Waals surface area contributed by atoms with Crippen LogP contribution in [0.25, 0.3) is 0 Å². The van der Waals surface area contributed by atoms with Crippen LogP contribution in [0.3, 0.4) is 0 Å². The number of hydrogen-bond donors (Lipinski definition) is 1. The molecule has 18 heavy (non-hydrogen) atoms. The van der Waals surface area contributed by atoms with Gasteiger partial charge in [-0.15, -0.1) is 0 Å². The Kier molecular flexibility index (Phi) is 3.43. The van der Waals surface area contributed by atoms with Gasteiger partial charge in [0.2, 0.25) is 5.88 Å². The number of carbonyl (C=O) groups is 1. The van der Waals surface area contributed by atoms with Crippen LogP contribution >= 0.6 is 11.6 Å². The van der Waals surface area contributed by atoms with Gasteiger partial charge in [0.25, 0.3) is 0 Å². The van der Waals surface area contributed by atoms with Crippen LogP contribution in [0.1, 0.15) is 16.1 Å². The molecule has 2 heterocycles. The number of rotatable bonds is 3. The minimum absolute atomic E-state index is 0.0134. The number of aromatic carboxylic acids is 1. The van der Waals surface area contributed by atoms with Gasteiger partial charge in [0.05, 0.1) is 11.2 Å². The van der Waals surface area contributed by atoms with Crippen molar-refractivity contribution in [2.75, 3.05) is 0 Å². The summed E-state index contributed by atoms with van der Waals surface area (Å²) in [4.78, 5) is 18.9. The van der Waals surface area contributed by atoms with Crippen LogP contribution in [-0.2, 0) is 0 Å². The molecule has 0 radical (unpaired) electrons. The number of ether oxygens (including phenoxy) is 1. The molecule has 0 aliphatic rings. The number of nitrogens with zero attached hydrogens (tertiary/aromatic N) is 2. The summed E-state index contributed by atoms with van der Waals surface area (Å²) >= 11 is 5.77. The molecule has 6 heteroatoms. The van der Waals surface area contributed by atoms with E-state index in [1.165, 1.54) is 24.5 Å². The smallest absolute Gasteiger partial charge is 0.341 e. The first-order valence-corrected chi connectivity index (χ1v) is 5.43. The van der Waals surface area contributed by atoms with Gasteiger partial charge in [0, 0.05) is 18.0 Å². The quantitative estimate of drug-likeness (QED) is 0.923. The average Bonchev–Trinajstić information content (AvgIpc) is 2.28. The van der Waals surface area contributed by atoms with Crippen molar-refractivity contribution >= 4 is 17.6 Å². The standard InChI is InChI=1S/C12H9ClN2O3/c1-7-2-3-10(12(16)17)11(15-7)18-9-4-8(13)5-14-6-9/h2-6H,1H3,(H,16,17). The van der Waals surface area contributed by atoms with Crippen molar-refractivity contribution < 1.29 is 14.6 Å². The minimum atomic E-state index is -1.10. The predicted octanol–water partition coefficient (Wildman–Crippen LogP) is 2.93. The van der Waals surface area contributed by atoms with E-state index in [0.29, 0.717) is 16.5 Å². The second kappa shape index (κ2) is 5.01. The average molecular weight is 265 g/mol. The van der Waals surface area contributed by atoms with Crippen LogP contribution in [0.15, 0.2) is 30.6 Å². The zero-order valence-corrected chi connectivity index (χ0v) is 10.2. The Bertz CT molecular complexity index is 602. The highest BCUT2D eigenvalue weighted by Crippen LogP contribution is 2.24. The summed E-state index contributed by atoms with van der Waals surface area (Å²) in [6, 6.07) is 4.58. The minimum Gasteiger partial charge on any atom is -0.477 e. The maximum Gasteiger partial charge on any atom is 0.341 e. The molecule has 0 unspecified atom stereocenters. The third kappa shape index (κ3) is 2.75. The van der Waals surface area contributed by atoms with Crippen molar-refractivity contribution in [1.29, 1.82) is 0 Å². The number of carboxylic acid groups (broad SMARTS) is 1. The van der Waals surface area contributed by atoms with Crippen molar-refractivity contribution in [3.05, 3.63) is 46.9 Å². The lowest BCUT2D eigenvalue weighted by molar-refractivity contribution is 0.0693. The maximum absolute atomic E-state index is 11.0. The molecule has 0 aromatic carbocycles. The molecule has 0 aliphatic carbocycles. The van der Waals surface area contributed by atoms with Crippen LogP contribution in [0.4, 0.5) is 0 Å². The zero-order chi connectivity index (χ0) is 13.1. The van der Waals surface area contributed by atoms with Crippen LogP contribution in [0, 0.1) is 6.92 Å². The number of pyridine rings is 2. The molecule has 2 aromatic rings. The Morgan fingerprint density at radius 3 is 2.83 bits per heavy atom. The van der Waals surface area contributed by atoms with Crippen molar-refractivity contribution in [1.82, 2.24) is 9.97 Å². The van der Waals surface area contributed by atoms with Gasteiger partial charge in [-0.05, 0) is 19.1 Å². The van der Waals surface area contributed by atoms with E-state index in [1.807, 2.05) is 0 Å². The molecule has 2 rings (SSSR count). The number of aryl methyl sites for hydroxylation is 1. The molecule has 0 fully saturated rings. The van der Waals surface area contributed by atoms with Gasteiger partial charge in [-0.2, -0.15) is 0 Å². The Balaban J connectivity index is 2.39. The molecular formula is C12H9ClN2O3. The van der Waals surface area contributed by atoms with Crippen LogP contribution in [0.2, 0.25) is 5.02 Å². The molecule has 0 bridgehead atoms. The number of halogens is 1. The van der Waals surface area contributed by atoms with Gasteiger partial charge in [0.1, 0.15) is 11.3 Å². The van der Waals surface area contributed by atoms with E-state index in [0.717, 1.165) is 0 Å². The summed E-state index contributed by atoms with van der Waals surface area (Å²) in [5.74, 6) is -0.748. The highest BCUT2D eigenvalue weighted by atomic mass is 35.5. The third-order valence-corrected chi connectivity index (χ3v) is 2.33. The van der Waals surface area contributed by atoms with E-state index < -0.39 is 5.97 Å². The summed E-state index contributed by atoms with van der Waals surface area (Å²) in [5, 5.41) is 9.43. The SMILES string of the molecule is Cc1ccc(C(=O)O)c(Oc2cncc(Cl)c2)n1. The number of aromatic nitrogens is 2. The van der Waals surface area contributed by atoms with Gasteiger partial charge in [-0.25, -0.2) is 9.78 Å². The van der Waals surface area contributed by atoms with Crippen LogP contribution in [-0.4, -0.2) is 21.0 Å². The summed E-state index contributed by atoms with van der Waals surface area (Å²) in [6.07, 6.45) is 2.89. The largest absolute Gasteiger partial charge is 0.477 e. The van der Waals surface area contributed by atoms with E-state index in [2.05, 4.69) is 9.97 Å². The summed E-state index contributed by atoms with van der Waals surface area (Å²) < 4.78 is 5.39. The van der Waals surface area contributed by atoms with Gasteiger partial charge in [0.15, 0.2) is 0 Å². The summed E-state index contributed by atoms with van der Waals surface area (Å²) in [6.45, 7) is 1.74. The van der Waals surface area contributed by atoms with Crippen molar-refractivity contribution in [3.63, 3.8) is 0 Å². The molecule has 1 N–H and O–H groups in total. The molecule has 0 saturated carbocycles. The van der Waals surface area contributed by atoms with Crippen LogP contribution < -0.4 is 4.74 Å². The second-order valence-corrected chi connectivity index (χ2v) is 3.99. The van der Waals surface area contributed by atoms with E-state index in [4.69, 9.17) is 21.4 Å². The molecule has 0 amide bonds.